The monoisotopic (exact) mass is 447 g/mol. The Labute approximate surface area is 195 Å². The third kappa shape index (κ3) is 4.55. The molecule has 0 spiro atoms. The molecule has 0 atom stereocenters. The SMILES string of the molecule is CC(C)(C)c1cn2cc(N3CCN(C(=O)c4ccc(N5CCOCC5)cc4)CC3)ccc2n1. The maximum absolute atomic E-state index is 13.1. The minimum Gasteiger partial charge on any atom is -0.378 e. The van der Waals surface area contributed by atoms with E-state index < -0.39 is 0 Å². The van der Waals surface area contributed by atoms with Crippen LogP contribution in [0.1, 0.15) is 36.8 Å². The standard InChI is InChI=1S/C26H33N5O2/c1-26(2,3)23-19-31-18-22(8-9-24(31)27-23)28-10-12-30(13-11-28)25(32)20-4-6-21(7-5-20)29-14-16-33-17-15-29/h4-9,18-19H,10-17H2,1-3H3. The molecule has 2 aliphatic rings. The number of hydrogen-bond acceptors (Lipinski definition) is 5. The first-order chi connectivity index (χ1) is 15.9. The molecule has 5 rings (SSSR count). The van der Waals surface area contributed by atoms with Crippen LogP contribution < -0.4 is 9.80 Å². The number of imidazole rings is 1. The molecule has 4 heterocycles. The van der Waals surface area contributed by atoms with E-state index in [1.807, 2.05) is 17.0 Å². The van der Waals surface area contributed by atoms with Crippen LogP contribution in [-0.4, -0.2) is 72.7 Å². The van der Waals surface area contributed by atoms with Gasteiger partial charge < -0.3 is 23.8 Å². The lowest BCUT2D eigenvalue weighted by Crippen LogP contribution is -2.48. The van der Waals surface area contributed by atoms with E-state index in [-0.39, 0.29) is 11.3 Å². The molecule has 2 aliphatic heterocycles. The molecule has 0 unspecified atom stereocenters. The van der Waals surface area contributed by atoms with Crippen molar-refractivity contribution in [2.45, 2.75) is 26.2 Å². The molecule has 174 valence electrons. The number of benzene rings is 1. The first-order valence-corrected chi connectivity index (χ1v) is 11.8. The zero-order valence-corrected chi connectivity index (χ0v) is 19.8. The Balaban J connectivity index is 1.22. The Kier molecular flexibility index (Phi) is 5.74. The number of carbonyl (C=O) groups is 1. The first-order valence-electron chi connectivity index (χ1n) is 11.8. The Hall–Kier alpha value is -3.06. The van der Waals surface area contributed by atoms with E-state index in [0.717, 1.165) is 75.1 Å². The molecular formula is C26H33N5O2. The maximum atomic E-state index is 13.1. The summed E-state index contributed by atoms with van der Waals surface area (Å²) in [5.74, 6) is 0.114. The topological polar surface area (TPSA) is 53.3 Å². The van der Waals surface area contributed by atoms with Gasteiger partial charge in [0.25, 0.3) is 5.91 Å². The predicted octanol–water partition coefficient (Wildman–Crippen LogP) is 3.43. The second kappa shape index (κ2) is 8.71. The average Bonchev–Trinajstić information content (AvgIpc) is 3.29. The molecule has 33 heavy (non-hydrogen) atoms. The second-order valence-corrected chi connectivity index (χ2v) is 9.95. The van der Waals surface area contributed by atoms with Crippen molar-refractivity contribution in [3.8, 4) is 0 Å². The lowest BCUT2D eigenvalue weighted by Gasteiger charge is -2.36. The molecule has 0 N–H and O–H groups in total. The van der Waals surface area contributed by atoms with Crippen molar-refractivity contribution in [2.75, 3.05) is 62.3 Å². The highest BCUT2D eigenvalue weighted by Gasteiger charge is 2.23. The second-order valence-electron chi connectivity index (χ2n) is 9.95. The summed E-state index contributed by atoms with van der Waals surface area (Å²) in [5, 5.41) is 0. The van der Waals surface area contributed by atoms with E-state index in [1.165, 1.54) is 5.69 Å². The number of hydrogen-bond donors (Lipinski definition) is 0. The fraction of sp³-hybridized carbons (Fsp3) is 0.462. The van der Waals surface area contributed by atoms with Gasteiger partial charge in [0, 0.05) is 68.3 Å². The summed E-state index contributed by atoms with van der Waals surface area (Å²) in [7, 11) is 0. The number of anilines is 2. The van der Waals surface area contributed by atoms with Crippen molar-refractivity contribution in [1.29, 1.82) is 0 Å². The third-order valence-corrected chi connectivity index (χ3v) is 6.63. The van der Waals surface area contributed by atoms with Gasteiger partial charge in [0.1, 0.15) is 5.65 Å². The fourth-order valence-corrected chi connectivity index (χ4v) is 4.52. The highest BCUT2D eigenvalue weighted by Crippen LogP contribution is 2.24. The zero-order valence-electron chi connectivity index (χ0n) is 19.8. The van der Waals surface area contributed by atoms with Gasteiger partial charge in [-0.2, -0.15) is 0 Å². The van der Waals surface area contributed by atoms with Gasteiger partial charge in [-0.3, -0.25) is 4.79 Å². The number of rotatable bonds is 3. The summed E-state index contributed by atoms with van der Waals surface area (Å²) in [4.78, 5) is 24.4. The largest absolute Gasteiger partial charge is 0.378 e. The number of nitrogens with zero attached hydrogens (tertiary/aromatic N) is 5. The number of amides is 1. The van der Waals surface area contributed by atoms with E-state index in [9.17, 15) is 4.79 Å². The highest BCUT2D eigenvalue weighted by molar-refractivity contribution is 5.94. The minimum absolute atomic E-state index is 0.0264. The Bertz CT molecular complexity index is 1120. The van der Waals surface area contributed by atoms with Crippen LogP contribution in [0.5, 0.6) is 0 Å². The third-order valence-electron chi connectivity index (χ3n) is 6.63. The number of pyridine rings is 1. The number of ether oxygens (including phenoxy) is 1. The molecule has 7 nitrogen and oxygen atoms in total. The normalized spacial score (nSPS) is 17.6. The summed E-state index contributed by atoms with van der Waals surface area (Å²) >= 11 is 0. The number of morpholine rings is 1. The summed E-state index contributed by atoms with van der Waals surface area (Å²) in [6.07, 6.45) is 4.28. The van der Waals surface area contributed by atoms with Gasteiger partial charge in [0.15, 0.2) is 0 Å². The van der Waals surface area contributed by atoms with Crippen molar-refractivity contribution < 1.29 is 9.53 Å². The summed E-state index contributed by atoms with van der Waals surface area (Å²) in [6.45, 7) is 13.0. The number of aromatic nitrogens is 2. The van der Waals surface area contributed by atoms with Gasteiger partial charge in [-0.1, -0.05) is 20.8 Å². The van der Waals surface area contributed by atoms with Crippen molar-refractivity contribution in [3.05, 3.63) is 60.0 Å². The summed E-state index contributed by atoms with van der Waals surface area (Å²) in [5.41, 5.74) is 5.17. The molecule has 2 saturated heterocycles. The lowest BCUT2D eigenvalue weighted by molar-refractivity contribution is 0.0746. The molecule has 1 amide bonds. The smallest absolute Gasteiger partial charge is 0.253 e. The Morgan fingerprint density at radius 2 is 1.45 bits per heavy atom. The number of piperazine rings is 1. The van der Waals surface area contributed by atoms with Crippen molar-refractivity contribution >= 4 is 22.9 Å². The predicted molar refractivity (Wildman–Crippen MR) is 131 cm³/mol. The minimum atomic E-state index is 0.0264. The Morgan fingerprint density at radius 3 is 2.12 bits per heavy atom. The van der Waals surface area contributed by atoms with Gasteiger partial charge in [-0.15, -0.1) is 0 Å². The molecule has 0 radical (unpaired) electrons. The van der Waals surface area contributed by atoms with E-state index in [4.69, 9.17) is 9.72 Å². The summed E-state index contributed by atoms with van der Waals surface area (Å²) < 4.78 is 7.54. The van der Waals surface area contributed by atoms with Gasteiger partial charge in [-0.05, 0) is 36.4 Å². The van der Waals surface area contributed by atoms with Crippen LogP contribution in [0.15, 0.2) is 48.8 Å². The van der Waals surface area contributed by atoms with Crippen molar-refractivity contribution in [1.82, 2.24) is 14.3 Å². The molecule has 3 aromatic rings. The van der Waals surface area contributed by atoms with E-state index in [0.29, 0.717) is 0 Å². The average molecular weight is 448 g/mol. The highest BCUT2D eigenvalue weighted by atomic mass is 16.5. The van der Waals surface area contributed by atoms with Crippen LogP contribution in [0, 0.1) is 0 Å². The Morgan fingerprint density at radius 1 is 0.818 bits per heavy atom. The van der Waals surface area contributed by atoms with E-state index in [1.54, 1.807) is 0 Å². The number of carbonyl (C=O) groups excluding carboxylic acids is 1. The van der Waals surface area contributed by atoms with Crippen LogP contribution in [-0.2, 0) is 10.2 Å². The van der Waals surface area contributed by atoms with Crippen LogP contribution in [0.3, 0.4) is 0 Å². The molecule has 1 aromatic carbocycles. The van der Waals surface area contributed by atoms with Crippen LogP contribution in [0.25, 0.3) is 5.65 Å². The van der Waals surface area contributed by atoms with Crippen LogP contribution in [0.4, 0.5) is 11.4 Å². The zero-order chi connectivity index (χ0) is 23.0. The fourth-order valence-electron chi connectivity index (χ4n) is 4.52. The van der Waals surface area contributed by atoms with Gasteiger partial charge in [-0.25, -0.2) is 4.98 Å². The van der Waals surface area contributed by atoms with Gasteiger partial charge in [0.05, 0.1) is 24.6 Å². The van der Waals surface area contributed by atoms with E-state index >= 15 is 0 Å². The van der Waals surface area contributed by atoms with Crippen molar-refractivity contribution in [3.63, 3.8) is 0 Å². The molecular weight excluding hydrogens is 414 g/mol. The number of fused-ring (bicyclic) bond motifs is 1. The van der Waals surface area contributed by atoms with E-state index in [2.05, 4.69) is 71.6 Å². The molecule has 0 bridgehead atoms. The molecule has 0 aliphatic carbocycles. The van der Waals surface area contributed by atoms with Gasteiger partial charge in [0.2, 0.25) is 0 Å². The molecule has 7 heteroatoms. The van der Waals surface area contributed by atoms with Crippen LogP contribution >= 0.6 is 0 Å². The van der Waals surface area contributed by atoms with Crippen LogP contribution in [0.2, 0.25) is 0 Å². The lowest BCUT2D eigenvalue weighted by atomic mass is 9.93. The summed E-state index contributed by atoms with van der Waals surface area (Å²) in [6, 6.07) is 12.2. The molecule has 0 saturated carbocycles. The quantitative estimate of drug-likeness (QED) is 0.616. The first kappa shape index (κ1) is 21.8. The maximum Gasteiger partial charge on any atom is 0.253 e. The molecule has 2 aromatic heterocycles. The van der Waals surface area contributed by atoms with Gasteiger partial charge >= 0.3 is 0 Å². The van der Waals surface area contributed by atoms with Crippen molar-refractivity contribution in [2.24, 2.45) is 0 Å². The molecule has 2 fully saturated rings.